The highest BCUT2D eigenvalue weighted by Gasteiger charge is 2.54. The highest BCUT2D eigenvalue weighted by molar-refractivity contribution is 7.14. The molecule has 6 heterocycles. The van der Waals surface area contributed by atoms with E-state index in [4.69, 9.17) is 58.1 Å². The fourth-order valence-electron chi connectivity index (χ4n) is 10.7. The predicted octanol–water partition coefficient (Wildman–Crippen LogP) is -5.93. The number of Topliss-reactive ketones (excluding diaryl/α,β-unsaturated/α-hetero) is 2. The van der Waals surface area contributed by atoms with E-state index in [-0.39, 0.29) is 53.9 Å². The lowest BCUT2D eigenvalue weighted by molar-refractivity contribution is -0.372. The molecule has 6 rings (SSSR count). The number of anilines is 1. The van der Waals surface area contributed by atoms with Crippen molar-refractivity contribution < 1.29 is 103 Å². The van der Waals surface area contributed by atoms with Crippen LogP contribution in [-0.2, 0) is 54.1 Å². The number of hydrogen-bond donors (Lipinski definition) is 20. The van der Waals surface area contributed by atoms with Crippen LogP contribution in [-0.4, -0.2) is 256 Å². The molecule has 4 aromatic rings. The number of amides is 6. The standard InChI is InChI=1S/C59H91N17O21S2/c1-24(42(83)26(3)53(89)74-40(27(4)79)33(80)9-7-10-38-71-32(22-98-38)56-72-31(21-99-56)54(90)68-14-8-13-66-12-6-5-11-60)15-34(81)41(75-55(91)39-25(2)50(63)76-52(73-39)29(16-37(62)82)69-17-28(61)51(64)88)47(30-18-67-23-70-30)95-58-49(45(86)43(84)35(19-77)94-58)96-57-46(87)48(97-59(65)92)44(85)36(20-78)93-57/h18,21-24,26-29,35-36,40-49,57-58,66,69,77-79,83-87H,5-17,19-20,60-61H2,1-4H3,(H2,62,82)(H2,64,88)(H2,65,92)(H,67,70)(H,68,90)(H,74,89)(H,75,91)(H2,63,73,76)/t24-,26-,27+,28-,29-,35-,36+,40-,41+,42+,43+,44+,45-,46-,47-,48-,49-,57+,58-/m0/s1. The Morgan fingerprint density at radius 3 is 2.11 bits per heavy atom. The van der Waals surface area contributed by atoms with E-state index in [9.17, 15) is 74.4 Å². The van der Waals surface area contributed by atoms with Crippen LogP contribution >= 0.6 is 22.7 Å². The van der Waals surface area contributed by atoms with Gasteiger partial charge in [0.25, 0.3) is 11.8 Å². The molecule has 2 aliphatic heterocycles. The number of ketones is 2. The van der Waals surface area contributed by atoms with Crippen molar-refractivity contribution in [1.82, 2.24) is 56.5 Å². The zero-order valence-corrected chi connectivity index (χ0v) is 56.4. The Balaban J connectivity index is 1.23. The van der Waals surface area contributed by atoms with Gasteiger partial charge in [0.2, 0.25) is 17.7 Å². The maximum Gasteiger partial charge on any atom is 0.404 e. The molecule has 0 aromatic carbocycles. The number of nitrogens with one attached hydrogen (secondary N) is 6. The van der Waals surface area contributed by atoms with Crippen molar-refractivity contribution in [2.75, 3.05) is 51.7 Å². The van der Waals surface area contributed by atoms with Crippen molar-refractivity contribution >= 4 is 75.7 Å². The lowest BCUT2D eigenvalue weighted by atomic mass is 9.86. The van der Waals surface area contributed by atoms with Gasteiger partial charge >= 0.3 is 6.09 Å². The number of carbonyl (C=O) groups excluding carboxylic acids is 8. The summed E-state index contributed by atoms with van der Waals surface area (Å²) in [4.78, 5) is 131. The second kappa shape index (κ2) is 38.5. The van der Waals surface area contributed by atoms with Crippen LogP contribution < -0.4 is 61.0 Å². The average molecular weight is 1440 g/mol. The van der Waals surface area contributed by atoms with Crippen molar-refractivity contribution in [3.8, 4) is 10.7 Å². The third kappa shape index (κ3) is 22.3. The largest absolute Gasteiger partial charge is 0.441 e. The highest BCUT2D eigenvalue weighted by Crippen LogP contribution is 2.36. The molecule has 99 heavy (non-hydrogen) atoms. The Morgan fingerprint density at radius 1 is 0.768 bits per heavy atom. The second-order valence-corrected chi connectivity index (χ2v) is 25.8. The number of H-pyrrole nitrogens is 1. The first-order valence-corrected chi connectivity index (χ1v) is 33.6. The summed E-state index contributed by atoms with van der Waals surface area (Å²) in [5.41, 5.74) is 33.8. The third-order valence-corrected chi connectivity index (χ3v) is 18.2. The van der Waals surface area contributed by atoms with Gasteiger partial charge in [0.05, 0.1) is 66.6 Å². The average Bonchev–Trinajstić information content (AvgIpc) is 1.07. The number of aromatic amines is 1. The first kappa shape index (κ1) is 80.6. The molecule has 0 unspecified atom stereocenters. The second-order valence-electron chi connectivity index (χ2n) is 24.0. The Kier molecular flexibility index (Phi) is 31.3. The molecule has 2 fully saturated rings. The summed E-state index contributed by atoms with van der Waals surface area (Å²) in [6.07, 6.45) is -22.5. The lowest BCUT2D eigenvalue weighted by Crippen LogP contribution is -2.65. The van der Waals surface area contributed by atoms with E-state index in [1.54, 1.807) is 10.8 Å². The Bertz CT molecular complexity index is 3320. The minimum atomic E-state index is -2.18. The molecule has 2 saturated heterocycles. The van der Waals surface area contributed by atoms with Crippen LogP contribution in [0.4, 0.5) is 10.6 Å². The topological polar surface area (TPSA) is 641 Å². The number of unbranched alkanes of at least 4 members (excludes halogenated alkanes) is 1. The fraction of sp³-hybridized carbons (Fsp3) is 0.644. The summed E-state index contributed by atoms with van der Waals surface area (Å²) in [5.74, 6) is -9.17. The fourth-order valence-corrected chi connectivity index (χ4v) is 12.3. The van der Waals surface area contributed by atoms with Gasteiger partial charge in [0, 0.05) is 48.7 Å². The molecule has 4 aromatic heterocycles. The van der Waals surface area contributed by atoms with Gasteiger partial charge in [-0.15, -0.1) is 22.7 Å². The van der Waals surface area contributed by atoms with Gasteiger partial charge < -0.3 is 131 Å². The molecule has 6 amide bonds. The van der Waals surface area contributed by atoms with Gasteiger partial charge in [-0.2, -0.15) is 0 Å². The van der Waals surface area contributed by atoms with E-state index >= 15 is 4.79 Å². The van der Waals surface area contributed by atoms with E-state index in [1.807, 2.05) is 0 Å². The number of thiazole rings is 2. The Labute approximate surface area is 575 Å². The number of aliphatic hydroxyl groups is 8. The van der Waals surface area contributed by atoms with Gasteiger partial charge in [0.1, 0.15) is 94.6 Å². The number of ether oxygens (including phenoxy) is 5. The lowest BCUT2D eigenvalue weighted by Gasteiger charge is -2.47. The van der Waals surface area contributed by atoms with Gasteiger partial charge in [0.15, 0.2) is 30.3 Å². The number of nitrogens with zero attached hydrogens (tertiary/aromatic N) is 5. The van der Waals surface area contributed by atoms with E-state index in [0.29, 0.717) is 35.2 Å². The summed E-state index contributed by atoms with van der Waals surface area (Å²) in [5, 5.41) is 107. The van der Waals surface area contributed by atoms with Crippen LogP contribution in [0.1, 0.15) is 121 Å². The molecule has 0 spiro atoms. The van der Waals surface area contributed by atoms with Crippen molar-refractivity contribution in [2.45, 2.75) is 183 Å². The number of aliphatic hydroxyl groups excluding tert-OH is 8. The zero-order chi connectivity index (χ0) is 72.9. The molecule has 2 aliphatic rings. The first-order chi connectivity index (χ1) is 47.0. The van der Waals surface area contributed by atoms with Crippen LogP contribution in [0.3, 0.4) is 0 Å². The Hall–Kier alpha value is -7.33. The molecule has 0 saturated carbocycles. The van der Waals surface area contributed by atoms with E-state index < -0.39 is 189 Å². The van der Waals surface area contributed by atoms with Gasteiger partial charge in [-0.05, 0) is 71.5 Å². The summed E-state index contributed by atoms with van der Waals surface area (Å²) in [6, 6.07) is -6.08. The minimum absolute atomic E-state index is 0.0994. The predicted molar refractivity (Wildman–Crippen MR) is 348 cm³/mol. The molecular weight excluding hydrogens is 1350 g/mol. The van der Waals surface area contributed by atoms with Crippen LogP contribution in [0.2, 0.25) is 0 Å². The van der Waals surface area contributed by atoms with Gasteiger partial charge in [-0.3, -0.25) is 33.6 Å². The van der Waals surface area contributed by atoms with E-state index in [2.05, 4.69) is 56.5 Å². The SMILES string of the molecule is Cc1c(N)nc([C@H](CC(N)=O)NC[C@H](N)C(N)=O)nc1C(=O)N[C@H](C(=O)C[C@H](C)[C@@H](O)[C@H](C)C(=O)N[C@H](C(=O)CCCc1nc(-c2nc(C(=O)NCCCNCCCCN)cs2)cs1)[C@@H](C)O)[C@@H](O[C@@H]1O[C@@H](CO)[C@@H](O)[C@H](O)[C@@H]1O[C@H]1O[C@H](CO)[C@@H](O)[C@H](OC(N)=O)[C@@H]1O)c1cnc[nH]1. The monoisotopic (exact) mass is 1440 g/mol. The molecule has 550 valence electrons. The number of primary amides is 3. The van der Waals surface area contributed by atoms with E-state index in [1.165, 1.54) is 50.4 Å². The number of carbonyl (C=O) groups is 8. The summed E-state index contributed by atoms with van der Waals surface area (Å²) < 4.78 is 28.9. The van der Waals surface area contributed by atoms with Crippen LogP contribution in [0.5, 0.6) is 0 Å². The molecule has 38 nitrogen and oxygen atoms in total. The van der Waals surface area contributed by atoms with Gasteiger partial charge in [-0.25, -0.2) is 29.7 Å². The number of imidazole rings is 1. The van der Waals surface area contributed by atoms with Crippen LogP contribution in [0.15, 0.2) is 23.3 Å². The quantitative estimate of drug-likeness (QED) is 0.0184. The number of aromatic nitrogens is 6. The first-order valence-electron chi connectivity index (χ1n) is 31.8. The number of rotatable bonds is 41. The van der Waals surface area contributed by atoms with E-state index in [0.717, 1.165) is 44.9 Å². The molecule has 40 heteroatoms. The maximum atomic E-state index is 15.3. The van der Waals surface area contributed by atoms with Crippen molar-refractivity contribution in [3.05, 3.63) is 56.8 Å². The Morgan fingerprint density at radius 2 is 1.46 bits per heavy atom. The normalized spacial score (nSPS) is 23.7. The van der Waals surface area contributed by atoms with Crippen LogP contribution in [0.25, 0.3) is 10.7 Å². The molecule has 0 bridgehead atoms. The number of aryl methyl sites for hydroxylation is 1. The summed E-state index contributed by atoms with van der Waals surface area (Å²) in [7, 11) is 0. The number of nitrogens with two attached hydrogens (primary N) is 6. The smallest absolute Gasteiger partial charge is 0.404 e. The maximum absolute atomic E-state index is 15.3. The van der Waals surface area contributed by atoms with Crippen molar-refractivity contribution in [3.63, 3.8) is 0 Å². The minimum Gasteiger partial charge on any atom is -0.441 e. The molecule has 19 atom stereocenters. The number of hydrogen-bond acceptors (Lipinski definition) is 33. The van der Waals surface area contributed by atoms with Crippen molar-refractivity contribution in [1.29, 1.82) is 0 Å². The highest BCUT2D eigenvalue weighted by atomic mass is 32.1. The van der Waals surface area contributed by atoms with Crippen LogP contribution in [0, 0.1) is 18.8 Å². The zero-order valence-electron chi connectivity index (χ0n) is 54.8. The van der Waals surface area contributed by atoms with Crippen molar-refractivity contribution in [2.24, 2.45) is 40.5 Å². The summed E-state index contributed by atoms with van der Waals surface area (Å²) >= 11 is 2.57. The molecule has 26 N–H and O–H groups in total. The van der Waals surface area contributed by atoms with Gasteiger partial charge in [-0.1, -0.05) is 13.8 Å². The summed E-state index contributed by atoms with van der Waals surface area (Å²) in [6.45, 7) is 5.62. The third-order valence-electron chi connectivity index (χ3n) is 16.4. The number of nitrogen functional groups attached to an aromatic ring is 1. The molecule has 0 radical (unpaired) electrons. The molecular formula is C59H91N17O21S2. The molecule has 0 aliphatic carbocycles.